The van der Waals surface area contributed by atoms with Crippen LogP contribution in [0.2, 0.25) is 0 Å². The zero-order chi connectivity index (χ0) is 26.8. The van der Waals surface area contributed by atoms with Crippen LogP contribution in [-0.2, 0) is 5.41 Å². The Bertz CT molecular complexity index is 2000. The van der Waals surface area contributed by atoms with Crippen LogP contribution in [0.4, 0.5) is 0 Å². The van der Waals surface area contributed by atoms with Crippen molar-refractivity contribution in [3.63, 3.8) is 0 Å². The minimum absolute atomic E-state index is 0.0445. The van der Waals surface area contributed by atoms with Crippen LogP contribution in [-0.4, -0.2) is 4.57 Å². The van der Waals surface area contributed by atoms with Crippen LogP contribution < -0.4 is 0 Å². The SMILES string of the molecule is CC1(C)c2ccccc2-n2c3ccc(-c4cccc(-c5ccc(C6C=CC=CC6)cc5)c4)cc3c3cccc1c32. The number of aromatic nitrogens is 1. The molecule has 0 fully saturated rings. The van der Waals surface area contributed by atoms with Crippen molar-refractivity contribution < 1.29 is 0 Å². The van der Waals surface area contributed by atoms with Crippen molar-refractivity contribution in [1.82, 2.24) is 4.57 Å². The first-order chi connectivity index (χ1) is 19.6. The van der Waals surface area contributed by atoms with Crippen LogP contribution in [0.3, 0.4) is 0 Å². The lowest BCUT2D eigenvalue weighted by Gasteiger charge is -2.34. The summed E-state index contributed by atoms with van der Waals surface area (Å²) in [5.41, 5.74) is 13.0. The summed E-state index contributed by atoms with van der Waals surface area (Å²) in [6.07, 6.45) is 9.92. The molecule has 1 aliphatic carbocycles. The second kappa shape index (κ2) is 8.69. The molecule has 1 atom stereocenters. The van der Waals surface area contributed by atoms with Crippen molar-refractivity contribution in [3.8, 4) is 27.9 Å². The van der Waals surface area contributed by atoms with Crippen molar-refractivity contribution in [2.45, 2.75) is 31.6 Å². The zero-order valence-corrected chi connectivity index (χ0v) is 22.9. The van der Waals surface area contributed by atoms with E-state index in [4.69, 9.17) is 0 Å². The van der Waals surface area contributed by atoms with Crippen molar-refractivity contribution in [2.75, 3.05) is 0 Å². The molecule has 0 saturated carbocycles. The average molecular weight is 514 g/mol. The Labute approximate surface area is 235 Å². The number of fused-ring (bicyclic) bond motifs is 5. The summed E-state index contributed by atoms with van der Waals surface area (Å²) in [4.78, 5) is 0. The molecule has 1 aliphatic heterocycles. The zero-order valence-electron chi connectivity index (χ0n) is 22.9. The van der Waals surface area contributed by atoms with E-state index in [2.05, 4.69) is 152 Å². The summed E-state index contributed by atoms with van der Waals surface area (Å²) in [7, 11) is 0. The molecule has 0 bridgehead atoms. The number of hydrogen-bond donors (Lipinski definition) is 0. The van der Waals surface area contributed by atoms with Crippen LogP contribution in [0, 0.1) is 0 Å². The molecule has 1 unspecified atom stereocenters. The maximum Gasteiger partial charge on any atom is 0.0582 e. The van der Waals surface area contributed by atoms with E-state index < -0.39 is 0 Å². The van der Waals surface area contributed by atoms with E-state index in [-0.39, 0.29) is 5.41 Å². The number of rotatable bonds is 3. The van der Waals surface area contributed by atoms with Gasteiger partial charge < -0.3 is 4.57 Å². The van der Waals surface area contributed by atoms with E-state index in [0.29, 0.717) is 5.92 Å². The first-order valence-corrected chi connectivity index (χ1v) is 14.3. The van der Waals surface area contributed by atoms with Crippen molar-refractivity contribution in [3.05, 3.63) is 150 Å². The first-order valence-electron chi connectivity index (χ1n) is 14.3. The molecule has 40 heavy (non-hydrogen) atoms. The Morgan fingerprint density at radius 1 is 0.625 bits per heavy atom. The number of benzene rings is 5. The molecule has 0 radical (unpaired) electrons. The molecule has 192 valence electrons. The Morgan fingerprint density at radius 3 is 2.17 bits per heavy atom. The molecule has 2 aliphatic rings. The Balaban J connectivity index is 1.24. The average Bonchev–Trinajstić information content (AvgIpc) is 3.35. The fourth-order valence-corrected chi connectivity index (χ4v) is 6.97. The van der Waals surface area contributed by atoms with Crippen molar-refractivity contribution in [2.24, 2.45) is 0 Å². The van der Waals surface area contributed by atoms with Gasteiger partial charge in [-0.05, 0) is 69.6 Å². The maximum atomic E-state index is 2.49. The lowest BCUT2D eigenvalue weighted by molar-refractivity contribution is 0.630. The van der Waals surface area contributed by atoms with Crippen molar-refractivity contribution in [1.29, 1.82) is 0 Å². The van der Waals surface area contributed by atoms with Crippen LogP contribution >= 0.6 is 0 Å². The number of nitrogens with zero attached hydrogens (tertiary/aromatic N) is 1. The van der Waals surface area contributed by atoms with Crippen LogP contribution in [0.1, 0.15) is 42.9 Å². The summed E-state index contributed by atoms with van der Waals surface area (Å²) < 4.78 is 2.49. The highest BCUT2D eigenvalue weighted by Gasteiger charge is 2.34. The minimum atomic E-state index is -0.0445. The lowest BCUT2D eigenvalue weighted by atomic mass is 9.75. The molecule has 1 heteroatoms. The van der Waals surface area contributed by atoms with Gasteiger partial charge >= 0.3 is 0 Å². The molecular weight excluding hydrogens is 482 g/mol. The van der Waals surface area contributed by atoms with Crippen LogP contribution in [0.15, 0.2) is 133 Å². The van der Waals surface area contributed by atoms with E-state index in [1.807, 2.05) is 0 Å². The molecule has 5 aromatic carbocycles. The van der Waals surface area contributed by atoms with E-state index in [0.717, 1.165) is 6.42 Å². The quantitative estimate of drug-likeness (QED) is 0.222. The van der Waals surface area contributed by atoms with E-state index >= 15 is 0 Å². The molecule has 0 amide bonds. The second-order valence-electron chi connectivity index (χ2n) is 11.8. The van der Waals surface area contributed by atoms with E-state index in [1.54, 1.807) is 0 Å². The molecule has 1 aromatic heterocycles. The highest BCUT2D eigenvalue weighted by Crippen LogP contribution is 2.47. The third-order valence-corrected chi connectivity index (χ3v) is 9.13. The smallest absolute Gasteiger partial charge is 0.0582 e. The predicted octanol–water partition coefficient (Wildman–Crippen LogP) is 10.4. The van der Waals surface area contributed by atoms with Crippen LogP contribution in [0.5, 0.6) is 0 Å². The summed E-state index contributed by atoms with van der Waals surface area (Å²) in [6.45, 7) is 4.71. The van der Waals surface area contributed by atoms with Gasteiger partial charge in [-0.3, -0.25) is 0 Å². The van der Waals surface area contributed by atoms with Crippen LogP contribution in [0.25, 0.3) is 49.7 Å². The third kappa shape index (κ3) is 3.41. The fourth-order valence-electron chi connectivity index (χ4n) is 6.97. The highest BCUT2D eigenvalue weighted by atomic mass is 15.0. The van der Waals surface area contributed by atoms with Gasteiger partial charge in [-0.2, -0.15) is 0 Å². The van der Waals surface area contributed by atoms with Gasteiger partial charge in [0, 0.05) is 22.1 Å². The summed E-state index contributed by atoms with van der Waals surface area (Å²) in [5, 5.41) is 2.64. The topological polar surface area (TPSA) is 4.93 Å². The van der Waals surface area contributed by atoms with Gasteiger partial charge in [-0.1, -0.05) is 123 Å². The molecule has 6 aromatic rings. The van der Waals surface area contributed by atoms with Gasteiger partial charge in [-0.15, -0.1) is 0 Å². The minimum Gasteiger partial charge on any atom is -0.309 e. The molecular formula is C39H31N. The summed E-state index contributed by atoms with van der Waals surface area (Å²) >= 11 is 0. The summed E-state index contributed by atoms with van der Waals surface area (Å²) in [5.74, 6) is 0.480. The molecule has 0 saturated heterocycles. The molecule has 8 rings (SSSR count). The van der Waals surface area contributed by atoms with Gasteiger partial charge in [0.25, 0.3) is 0 Å². The third-order valence-electron chi connectivity index (χ3n) is 9.13. The Hall–Kier alpha value is -4.62. The largest absolute Gasteiger partial charge is 0.309 e. The normalized spacial score (nSPS) is 16.9. The second-order valence-corrected chi connectivity index (χ2v) is 11.8. The number of allylic oxidation sites excluding steroid dienone is 4. The van der Waals surface area contributed by atoms with Gasteiger partial charge in [0.1, 0.15) is 0 Å². The standard InChI is InChI=1S/C39H31N/c1-39(2)34-15-6-7-17-37(34)40-36-23-22-31(25-33(36)32-14-9-16-35(39)38(32)40)30-13-8-12-29(24-30)28-20-18-27(19-21-28)26-10-4-3-5-11-26/h3-10,12-26H,11H2,1-2H3. The molecule has 0 N–H and O–H groups in total. The highest BCUT2D eigenvalue weighted by molar-refractivity contribution is 6.12. The van der Waals surface area contributed by atoms with Gasteiger partial charge in [-0.25, -0.2) is 0 Å². The maximum absolute atomic E-state index is 2.49. The lowest BCUT2D eigenvalue weighted by Crippen LogP contribution is -2.26. The molecule has 0 spiro atoms. The van der Waals surface area contributed by atoms with Gasteiger partial charge in [0.05, 0.1) is 16.7 Å². The Kier molecular flexibility index (Phi) is 5.06. The van der Waals surface area contributed by atoms with E-state index in [1.165, 1.54) is 66.4 Å². The predicted molar refractivity (Wildman–Crippen MR) is 169 cm³/mol. The Morgan fingerprint density at radius 2 is 1.35 bits per heavy atom. The van der Waals surface area contributed by atoms with Gasteiger partial charge in [0.2, 0.25) is 0 Å². The van der Waals surface area contributed by atoms with Gasteiger partial charge in [0.15, 0.2) is 0 Å². The molecule has 2 heterocycles. The number of para-hydroxylation sites is 2. The summed E-state index contributed by atoms with van der Waals surface area (Å²) in [6, 6.07) is 40.8. The fraction of sp³-hybridized carbons (Fsp3) is 0.128. The molecule has 1 nitrogen and oxygen atoms in total. The monoisotopic (exact) mass is 513 g/mol. The van der Waals surface area contributed by atoms with Crippen molar-refractivity contribution >= 4 is 21.8 Å². The van der Waals surface area contributed by atoms with E-state index in [9.17, 15) is 0 Å². The first kappa shape index (κ1) is 23.3. The number of hydrogen-bond acceptors (Lipinski definition) is 0.